The number of aliphatic carboxylic acids is 1. The zero-order valence-electron chi connectivity index (χ0n) is 14.1. The lowest BCUT2D eigenvalue weighted by Gasteiger charge is -2.19. The summed E-state index contributed by atoms with van der Waals surface area (Å²) >= 11 is 0. The fraction of sp³-hybridized carbons (Fsp3) is 0.500. The van der Waals surface area contributed by atoms with Gasteiger partial charge in [0, 0.05) is 12.1 Å². The van der Waals surface area contributed by atoms with Crippen LogP contribution in [0.5, 0.6) is 0 Å². The fourth-order valence-corrected chi connectivity index (χ4v) is 3.00. The lowest BCUT2D eigenvalue weighted by Crippen LogP contribution is -2.32. The first kappa shape index (κ1) is 16.2. The van der Waals surface area contributed by atoms with Crippen LogP contribution in [0.15, 0.2) is 10.9 Å². The number of amides is 1. The quantitative estimate of drug-likeness (QED) is 0.903. The number of nitrogens with zero attached hydrogens (tertiary/aromatic N) is 4. The highest BCUT2D eigenvalue weighted by Gasteiger charge is 2.36. The summed E-state index contributed by atoms with van der Waals surface area (Å²) < 4.78 is 2.61. The predicted molar refractivity (Wildman–Crippen MR) is 86.2 cm³/mol. The van der Waals surface area contributed by atoms with Crippen molar-refractivity contribution in [3.05, 3.63) is 33.4 Å². The van der Waals surface area contributed by atoms with E-state index in [1.54, 1.807) is 11.0 Å². The van der Waals surface area contributed by atoms with Crippen LogP contribution in [0, 0.1) is 0 Å². The maximum Gasteiger partial charge on any atom is 0.323 e. The Morgan fingerprint density at radius 2 is 1.96 bits per heavy atom. The third-order valence-corrected chi connectivity index (χ3v) is 4.29. The molecule has 2 aromatic heterocycles. The highest BCUT2D eigenvalue weighted by atomic mass is 16.4. The molecule has 0 bridgehead atoms. The van der Waals surface area contributed by atoms with Gasteiger partial charge in [0.15, 0.2) is 0 Å². The molecule has 1 aliphatic rings. The fourth-order valence-electron chi connectivity index (χ4n) is 3.00. The van der Waals surface area contributed by atoms with Gasteiger partial charge in [0.1, 0.15) is 17.9 Å². The number of rotatable bonds is 4. The van der Waals surface area contributed by atoms with Crippen LogP contribution in [-0.2, 0) is 17.9 Å². The number of carbonyl (C=O) groups is 2. The maximum atomic E-state index is 12.8. The van der Waals surface area contributed by atoms with E-state index in [0.29, 0.717) is 16.9 Å². The second-order valence-corrected chi connectivity index (χ2v) is 6.63. The number of carbonyl (C=O) groups excluding carboxylic acids is 1. The second-order valence-electron chi connectivity index (χ2n) is 6.63. The van der Waals surface area contributed by atoms with E-state index in [1.807, 2.05) is 27.7 Å². The zero-order valence-corrected chi connectivity index (χ0v) is 14.1. The summed E-state index contributed by atoms with van der Waals surface area (Å²) in [6.45, 7) is 7.37. The first-order valence-electron chi connectivity index (χ1n) is 7.90. The Bertz CT molecular complexity index is 907. The summed E-state index contributed by atoms with van der Waals surface area (Å²) in [5, 5.41) is 13.6. The Labute approximate surface area is 138 Å². The summed E-state index contributed by atoms with van der Waals surface area (Å²) in [5.74, 6) is -1.31. The molecule has 8 nitrogen and oxygen atoms in total. The Kier molecular flexibility index (Phi) is 3.70. The lowest BCUT2D eigenvalue weighted by atomic mass is 10.1. The van der Waals surface area contributed by atoms with Crippen molar-refractivity contribution in [2.75, 3.05) is 0 Å². The number of fused-ring (bicyclic) bond motifs is 2. The van der Waals surface area contributed by atoms with Gasteiger partial charge in [-0.3, -0.25) is 14.4 Å². The van der Waals surface area contributed by atoms with Gasteiger partial charge in [-0.2, -0.15) is 9.61 Å². The van der Waals surface area contributed by atoms with Crippen molar-refractivity contribution in [2.24, 2.45) is 0 Å². The van der Waals surface area contributed by atoms with Gasteiger partial charge in [0.2, 0.25) is 0 Å². The van der Waals surface area contributed by atoms with Crippen LogP contribution in [0.25, 0.3) is 5.65 Å². The minimum atomic E-state index is -1.08. The molecule has 0 aliphatic carbocycles. The SMILES string of the molecule is CC(C)c1cc2n(CC(=O)O)c3c(c(=O)n2n1)CN(C(C)C)C3=O. The molecule has 0 saturated carbocycles. The highest BCUT2D eigenvalue weighted by Crippen LogP contribution is 2.25. The molecule has 2 aromatic rings. The first-order valence-corrected chi connectivity index (χ1v) is 7.90. The molecule has 1 amide bonds. The van der Waals surface area contributed by atoms with Gasteiger partial charge in [-0.25, -0.2) is 0 Å². The second kappa shape index (κ2) is 5.47. The van der Waals surface area contributed by atoms with Crippen molar-refractivity contribution in [3.8, 4) is 0 Å². The van der Waals surface area contributed by atoms with Crippen LogP contribution in [-0.4, -0.2) is 42.1 Å². The van der Waals surface area contributed by atoms with Gasteiger partial charge in [-0.1, -0.05) is 13.8 Å². The highest BCUT2D eigenvalue weighted by molar-refractivity contribution is 5.97. The topological polar surface area (TPSA) is 96.9 Å². The van der Waals surface area contributed by atoms with E-state index in [4.69, 9.17) is 0 Å². The van der Waals surface area contributed by atoms with Gasteiger partial charge in [-0.05, 0) is 19.8 Å². The Balaban J connectivity index is 2.35. The average Bonchev–Trinajstić information content (AvgIpc) is 3.05. The number of aromatic nitrogens is 3. The van der Waals surface area contributed by atoms with Crippen molar-refractivity contribution in [1.29, 1.82) is 0 Å². The molecular formula is C16H20N4O4. The molecule has 0 saturated heterocycles. The number of hydrogen-bond acceptors (Lipinski definition) is 4. The normalized spacial score (nSPS) is 14.2. The van der Waals surface area contributed by atoms with Gasteiger partial charge in [0.05, 0.1) is 17.8 Å². The molecule has 24 heavy (non-hydrogen) atoms. The average molecular weight is 332 g/mol. The lowest BCUT2D eigenvalue weighted by molar-refractivity contribution is -0.137. The first-order chi connectivity index (χ1) is 11.2. The smallest absolute Gasteiger partial charge is 0.323 e. The molecule has 1 aliphatic heterocycles. The Morgan fingerprint density at radius 3 is 2.50 bits per heavy atom. The predicted octanol–water partition coefficient (Wildman–Crippen LogP) is 1.07. The minimum Gasteiger partial charge on any atom is -0.480 e. The third-order valence-electron chi connectivity index (χ3n) is 4.29. The van der Waals surface area contributed by atoms with Crippen LogP contribution in [0.1, 0.15) is 55.4 Å². The van der Waals surface area contributed by atoms with Crippen molar-refractivity contribution < 1.29 is 14.7 Å². The largest absolute Gasteiger partial charge is 0.480 e. The van der Waals surface area contributed by atoms with E-state index < -0.39 is 12.5 Å². The number of hydrogen-bond donors (Lipinski definition) is 1. The standard InChI is InChI=1S/C16H20N4O4/c1-8(2)11-5-12-19(7-13(21)22)14-10(15(23)20(12)17-11)6-18(9(3)4)16(14)24/h5,8-9H,6-7H2,1-4H3,(H,21,22). The molecule has 0 aromatic carbocycles. The van der Waals surface area contributed by atoms with Crippen LogP contribution in [0.4, 0.5) is 0 Å². The Morgan fingerprint density at radius 1 is 1.29 bits per heavy atom. The van der Waals surface area contributed by atoms with Crippen LogP contribution >= 0.6 is 0 Å². The van der Waals surface area contributed by atoms with Crippen molar-refractivity contribution >= 4 is 17.5 Å². The van der Waals surface area contributed by atoms with Crippen molar-refractivity contribution in [3.63, 3.8) is 0 Å². The van der Waals surface area contributed by atoms with E-state index in [1.165, 1.54) is 9.08 Å². The van der Waals surface area contributed by atoms with Crippen LogP contribution < -0.4 is 5.56 Å². The van der Waals surface area contributed by atoms with Crippen LogP contribution in [0.3, 0.4) is 0 Å². The van der Waals surface area contributed by atoms with Gasteiger partial charge >= 0.3 is 5.97 Å². The molecular weight excluding hydrogens is 312 g/mol. The molecule has 0 atom stereocenters. The van der Waals surface area contributed by atoms with E-state index >= 15 is 0 Å². The molecule has 0 unspecified atom stereocenters. The molecule has 1 N–H and O–H groups in total. The van der Waals surface area contributed by atoms with Crippen LogP contribution in [0.2, 0.25) is 0 Å². The molecule has 0 spiro atoms. The monoisotopic (exact) mass is 332 g/mol. The van der Waals surface area contributed by atoms with E-state index in [9.17, 15) is 19.5 Å². The van der Waals surface area contributed by atoms with Gasteiger partial charge < -0.3 is 14.6 Å². The van der Waals surface area contributed by atoms with E-state index in [2.05, 4.69) is 5.10 Å². The van der Waals surface area contributed by atoms with E-state index in [0.717, 1.165) is 0 Å². The summed E-state index contributed by atoms with van der Waals surface area (Å²) in [7, 11) is 0. The van der Waals surface area contributed by atoms with E-state index in [-0.39, 0.29) is 35.7 Å². The molecule has 0 fully saturated rings. The summed E-state index contributed by atoms with van der Waals surface area (Å²) in [5.41, 5.74) is 1.14. The minimum absolute atomic E-state index is 0.0823. The molecule has 0 radical (unpaired) electrons. The Hall–Kier alpha value is -2.64. The molecule has 8 heteroatoms. The maximum absolute atomic E-state index is 12.8. The van der Waals surface area contributed by atoms with Crippen molar-refractivity contribution in [1.82, 2.24) is 19.1 Å². The molecule has 3 rings (SSSR count). The summed E-state index contributed by atoms with van der Waals surface area (Å²) in [4.78, 5) is 38.4. The van der Waals surface area contributed by atoms with Gasteiger partial charge in [0.25, 0.3) is 11.5 Å². The van der Waals surface area contributed by atoms with Crippen molar-refractivity contribution in [2.45, 2.75) is 52.7 Å². The van der Waals surface area contributed by atoms with Gasteiger partial charge in [-0.15, -0.1) is 0 Å². The number of carboxylic acids is 1. The number of carboxylic acid groups (broad SMARTS) is 1. The summed E-state index contributed by atoms with van der Waals surface area (Å²) in [6, 6.07) is 1.60. The molecule has 3 heterocycles. The zero-order chi connectivity index (χ0) is 17.8. The third kappa shape index (κ3) is 2.29. The summed E-state index contributed by atoms with van der Waals surface area (Å²) in [6.07, 6.45) is 0. The molecule has 128 valence electrons.